The zero-order chi connectivity index (χ0) is 10.7. The zero-order valence-electron chi connectivity index (χ0n) is 8.59. The van der Waals surface area contributed by atoms with E-state index in [0.717, 1.165) is 13.0 Å². The molecule has 0 N–H and O–H groups in total. The summed E-state index contributed by atoms with van der Waals surface area (Å²) in [6, 6.07) is 5.87. The molecule has 0 fully saturated rings. The van der Waals surface area contributed by atoms with Crippen molar-refractivity contribution in [1.82, 2.24) is 14.3 Å². The Hall–Kier alpha value is -2.02. The van der Waals surface area contributed by atoms with Crippen LogP contribution in [0.4, 0.5) is 0 Å². The van der Waals surface area contributed by atoms with Crippen molar-refractivity contribution in [3.63, 3.8) is 0 Å². The number of aryl methyl sites for hydroxylation is 3. The van der Waals surface area contributed by atoms with Crippen LogP contribution in [0.25, 0.3) is 0 Å². The molecule has 0 saturated carbocycles. The first kappa shape index (κ1) is 9.53. The summed E-state index contributed by atoms with van der Waals surface area (Å²) in [5.41, 5.74) is 1.90. The third-order valence-corrected chi connectivity index (χ3v) is 2.34. The first-order chi connectivity index (χ1) is 7.29. The fraction of sp³-hybridized carbons (Fsp3) is 0.273. The maximum Gasteiger partial charge on any atom is 0.120 e. The molecule has 0 aromatic carbocycles. The molecule has 0 aliphatic heterocycles. The molecule has 4 heteroatoms. The molecule has 0 aliphatic carbocycles. The summed E-state index contributed by atoms with van der Waals surface area (Å²) in [6.45, 7) is 0.821. The topological polar surface area (TPSA) is 46.5 Å². The van der Waals surface area contributed by atoms with Crippen molar-refractivity contribution in [1.29, 1.82) is 5.26 Å². The van der Waals surface area contributed by atoms with Gasteiger partial charge in [-0.3, -0.25) is 4.68 Å². The smallest absolute Gasteiger partial charge is 0.120 e. The molecular weight excluding hydrogens is 188 g/mol. The first-order valence-electron chi connectivity index (χ1n) is 4.82. The van der Waals surface area contributed by atoms with E-state index in [-0.39, 0.29) is 0 Å². The molecule has 0 aliphatic rings. The lowest BCUT2D eigenvalue weighted by molar-refractivity contribution is 0.692. The molecule has 0 atom stereocenters. The fourth-order valence-electron chi connectivity index (χ4n) is 1.56. The molecule has 76 valence electrons. The molecule has 2 rings (SSSR count). The molecule has 0 amide bonds. The Morgan fingerprint density at radius 1 is 1.53 bits per heavy atom. The molecule has 2 aromatic rings. The van der Waals surface area contributed by atoms with Crippen molar-refractivity contribution in [2.24, 2.45) is 7.05 Å². The second-order valence-electron chi connectivity index (χ2n) is 3.47. The Labute approximate surface area is 88.4 Å². The molecule has 4 nitrogen and oxygen atoms in total. The number of nitriles is 1. The molecule has 0 radical (unpaired) electrons. The minimum absolute atomic E-state index is 0.707. The van der Waals surface area contributed by atoms with Gasteiger partial charge in [0.05, 0.1) is 6.20 Å². The monoisotopic (exact) mass is 200 g/mol. The molecule has 2 heterocycles. The van der Waals surface area contributed by atoms with Crippen LogP contribution in [0, 0.1) is 11.3 Å². The highest BCUT2D eigenvalue weighted by Crippen LogP contribution is 2.04. The average molecular weight is 200 g/mol. The Balaban J connectivity index is 2.02. The predicted octanol–water partition coefficient (Wildman–Crippen LogP) is 1.34. The van der Waals surface area contributed by atoms with Crippen LogP contribution in [-0.4, -0.2) is 14.3 Å². The van der Waals surface area contributed by atoms with Gasteiger partial charge >= 0.3 is 0 Å². The van der Waals surface area contributed by atoms with Gasteiger partial charge in [-0.2, -0.15) is 10.4 Å². The van der Waals surface area contributed by atoms with E-state index in [0.29, 0.717) is 5.69 Å². The highest BCUT2D eigenvalue weighted by Gasteiger charge is 2.00. The summed E-state index contributed by atoms with van der Waals surface area (Å²) in [5.74, 6) is 0. The SMILES string of the molecule is Cn1cc(CCn2cccc2C#N)cn1. The van der Waals surface area contributed by atoms with E-state index < -0.39 is 0 Å². The summed E-state index contributed by atoms with van der Waals surface area (Å²) >= 11 is 0. The summed E-state index contributed by atoms with van der Waals surface area (Å²) in [7, 11) is 1.90. The third kappa shape index (κ3) is 2.08. The Morgan fingerprint density at radius 2 is 2.40 bits per heavy atom. The maximum absolute atomic E-state index is 8.82. The maximum atomic E-state index is 8.82. The van der Waals surface area contributed by atoms with Crippen molar-refractivity contribution in [3.8, 4) is 6.07 Å². The Kier molecular flexibility index (Phi) is 2.55. The van der Waals surface area contributed by atoms with E-state index in [4.69, 9.17) is 5.26 Å². The molecule has 2 aromatic heterocycles. The van der Waals surface area contributed by atoms with E-state index in [1.807, 2.05) is 42.3 Å². The van der Waals surface area contributed by atoms with Crippen LogP contribution in [0.1, 0.15) is 11.3 Å². The van der Waals surface area contributed by atoms with Crippen molar-refractivity contribution in [3.05, 3.63) is 42.0 Å². The van der Waals surface area contributed by atoms with Crippen molar-refractivity contribution in [2.75, 3.05) is 0 Å². The minimum Gasteiger partial charge on any atom is -0.339 e. The molecular formula is C11H12N4. The van der Waals surface area contributed by atoms with Gasteiger partial charge in [0.1, 0.15) is 11.8 Å². The largest absolute Gasteiger partial charge is 0.339 e. The van der Waals surface area contributed by atoms with Crippen LogP contribution in [0.3, 0.4) is 0 Å². The number of hydrogen-bond acceptors (Lipinski definition) is 2. The van der Waals surface area contributed by atoms with Crippen molar-refractivity contribution in [2.45, 2.75) is 13.0 Å². The fourth-order valence-corrected chi connectivity index (χ4v) is 1.56. The Bertz CT molecular complexity index is 487. The number of hydrogen-bond donors (Lipinski definition) is 0. The van der Waals surface area contributed by atoms with Crippen LogP contribution in [0.5, 0.6) is 0 Å². The molecule has 0 bridgehead atoms. The van der Waals surface area contributed by atoms with E-state index >= 15 is 0 Å². The summed E-state index contributed by atoms with van der Waals surface area (Å²) in [4.78, 5) is 0. The van der Waals surface area contributed by atoms with E-state index in [9.17, 15) is 0 Å². The van der Waals surface area contributed by atoms with Gasteiger partial charge in [-0.05, 0) is 24.1 Å². The lowest BCUT2D eigenvalue weighted by Gasteiger charge is -2.02. The zero-order valence-corrected chi connectivity index (χ0v) is 8.59. The van der Waals surface area contributed by atoms with Gasteiger partial charge in [0.25, 0.3) is 0 Å². The lowest BCUT2D eigenvalue weighted by Crippen LogP contribution is -2.01. The standard InChI is InChI=1S/C11H12N4/c1-14-9-10(8-13-14)4-6-15-5-2-3-11(15)7-12/h2-3,5,8-9H,4,6H2,1H3. The lowest BCUT2D eigenvalue weighted by atomic mass is 10.2. The van der Waals surface area contributed by atoms with Gasteiger partial charge in [-0.1, -0.05) is 0 Å². The van der Waals surface area contributed by atoms with Crippen LogP contribution in [0.15, 0.2) is 30.7 Å². The summed E-state index contributed by atoms with van der Waals surface area (Å²) < 4.78 is 3.74. The minimum atomic E-state index is 0.707. The number of nitrogens with zero attached hydrogens (tertiary/aromatic N) is 4. The summed E-state index contributed by atoms with van der Waals surface area (Å²) in [6.07, 6.45) is 6.68. The van der Waals surface area contributed by atoms with Gasteiger partial charge in [-0.25, -0.2) is 0 Å². The molecule has 0 saturated heterocycles. The van der Waals surface area contributed by atoms with E-state index in [1.165, 1.54) is 5.56 Å². The van der Waals surface area contributed by atoms with Gasteiger partial charge in [0.2, 0.25) is 0 Å². The third-order valence-electron chi connectivity index (χ3n) is 2.34. The van der Waals surface area contributed by atoms with Gasteiger partial charge in [0.15, 0.2) is 0 Å². The average Bonchev–Trinajstić information content (AvgIpc) is 2.83. The molecule has 0 unspecified atom stereocenters. The second kappa shape index (κ2) is 4.01. The normalized spacial score (nSPS) is 10.1. The number of rotatable bonds is 3. The van der Waals surface area contributed by atoms with Crippen LogP contribution in [0.2, 0.25) is 0 Å². The van der Waals surface area contributed by atoms with Crippen molar-refractivity contribution >= 4 is 0 Å². The Morgan fingerprint density at radius 3 is 3.07 bits per heavy atom. The van der Waals surface area contributed by atoms with Gasteiger partial charge in [0, 0.05) is 26.0 Å². The number of aromatic nitrogens is 3. The highest BCUT2D eigenvalue weighted by atomic mass is 15.2. The molecule has 0 spiro atoms. The van der Waals surface area contributed by atoms with E-state index in [1.54, 1.807) is 4.68 Å². The first-order valence-corrected chi connectivity index (χ1v) is 4.82. The molecule has 15 heavy (non-hydrogen) atoms. The van der Waals surface area contributed by atoms with E-state index in [2.05, 4.69) is 11.2 Å². The van der Waals surface area contributed by atoms with Crippen LogP contribution >= 0.6 is 0 Å². The van der Waals surface area contributed by atoms with Crippen LogP contribution in [-0.2, 0) is 20.0 Å². The predicted molar refractivity (Wildman–Crippen MR) is 56.1 cm³/mol. The summed E-state index contributed by atoms with van der Waals surface area (Å²) in [5, 5.41) is 12.9. The van der Waals surface area contributed by atoms with Gasteiger partial charge in [-0.15, -0.1) is 0 Å². The highest BCUT2D eigenvalue weighted by molar-refractivity contribution is 5.22. The second-order valence-corrected chi connectivity index (χ2v) is 3.47. The van der Waals surface area contributed by atoms with Crippen molar-refractivity contribution < 1.29 is 0 Å². The van der Waals surface area contributed by atoms with Crippen LogP contribution < -0.4 is 0 Å². The van der Waals surface area contributed by atoms with Gasteiger partial charge < -0.3 is 4.57 Å². The quantitative estimate of drug-likeness (QED) is 0.750.